The molecule has 149 heavy (non-hydrogen) atoms. The maximum absolute atomic E-state index is 2.42. The number of hydrogen-bond donors (Lipinski definition) is 0. The maximum atomic E-state index is 2.42. The van der Waals surface area contributed by atoms with E-state index in [1.54, 1.807) is 0 Å². The highest BCUT2D eigenvalue weighted by molar-refractivity contribution is 7.26. The first kappa shape index (κ1) is 90.0. The van der Waals surface area contributed by atoms with Gasteiger partial charge in [-0.2, -0.15) is 0 Å². The Hall–Kier alpha value is -17.8. The third-order valence-electron chi connectivity index (χ3n) is 30.3. The highest BCUT2D eigenvalue weighted by atomic mass is 32.1. The minimum Gasteiger partial charge on any atom is -0.135 e. The fourth-order valence-electron chi connectivity index (χ4n) is 23.1. The Morgan fingerprint density at radius 3 is 0.651 bits per heavy atom. The van der Waals surface area contributed by atoms with Gasteiger partial charge in [0, 0.05) is 60.5 Å². The Kier molecular flexibility index (Phi) is 22.9. The number of hydrogen-bond acceptors (Lipinski definition) is 3. The second-order valence-corrected chi connectivity index (χ2v) is 43.5. The van der Waals surface area contributed by atoms with E-state index in [-0.39, 0.29) is 5.41 Å². The lowest BCUT2D eigenvalue weighted by Gasteiger charge is -2.21. The van der Waals surface area contributed by atoms with Crippen LogP contribution in [0.4, 0.5) is 0 Å². The zero-order valence-corrected chi connectivity index (χ0v) is 85.1. The van der Waals surface area contributed by atoms with Crippen LogP contribution < -0.4 is 0 Å². The van der Waals surface area contributed by atoms with Crippen molar-refractivity contribution in [1.82, 2.24) is 0 Å². The molecule has 0 unspecified atom stereocenters. The molecule has 3 aromatic heterocycles. The van der Waals surface area contributed by atoms with Gasteiger partial charge in [-0.25, -0.2) is 0 Å². The molecule has 0 saturated heterocycles. The first-order valence-electron chi connectivity index (χ1n) is 51.4. The second kappa shape index (κ2) is 38.0. The number of benzene rings is 26. The van der Waals surface area contributed by atoms with Crippen LogP contribution in [0.25, 0.3) is 281 Å². The number of fused-ring (bicyclic) bond motifs is 16. The van der Waals surface area contributed by atoms with E-state index in [0.29, 0.717) is 0 Å². The molecule has 0 aliphatic heterocycles. The second-order valence-electron chi connectivity index (χ2n) is 40.3. The van der Waals surface area contributed by atoms with Gasteiger partial charge in [0.25, 0.3) is 0 Å². The van der Waals surface area contributed by atoms with Crippen LogP contribution in [-0.2, 0) is 5.41 Å². The van der Waals surface area contributed by atoms with Crippen molar-refractivity contribution in [1.29, 1.82) is 0 Å². The van der Waals surface area contributed by atoms with Gasteiger partial charge in [0.05, 0.1) is 0 Å². The van der Waals surface area contributed by atoms with Gasteiger partial charge < -0.3 is 0 Å². The van der Waals surface area contributed by atoms with Crippen LogP contribution in [0.5, 0.6) is 0 Å². The average Bonchev–Trinajstić information content (AvgIpc) is 1.35. The van der Waals surface area contributed by atoms with Gasteiger partial charge in [-0.05, 0) is 334 Å². The van der Waals surface area contributed by atoms with Crippen LogP contribution in [0.2, 0.25) is 0 Å². The summed E-state index contributed by atoms with van der Waals surface area (Å²) in [6.45, 7) is 6.83. The third kappa shape index (κ3) is 16.7. The molecule has 0 N–H and O–H groups in total. The fraction of sp³-hybridized carbons (Fsp3) is 0.0274. The Morgan fingerprint density at radius 1 is 0.114 bits per heavy atom. The Labute approximate surface area is 879 Å². The van der Waals surface area contributed by atoms with E-state index >= 15 is 0 Å². The van der Waals surface area contributed by atoms with E-state index in [9.17, 15) is 0 Å². The minimum absolute atomic E-state index is 0.104. The summed E-state index contributed by atoms with van der Waals surface area (Å²) in [5.41, 5.74) is 33.7. The topological polar surface area (TPSA) is 0 Å². The van der Waals surface area contributed by atoms with E-state index in [1.165, 1.54) is 286 Å². The zero-order valence-electron chi connectivity index (χ0n) is 82.6. The van der Waals surface area contributed by atoms with Gasteiger partial charge in [0.2, 0.25) is 0 Å². The van der Waals surface area contributed by atoms with Crippen LogP contribution in [0.1, 0.15) is 26.3 Å². The van der Waals surface area contributed by atoms with Gasteiger partial charge in [-0.3, -0.25) is 0 Å². The largest absolute Gasteiger partial charge is 0.135 e. The van der Waals surface area contributed by atoms with E-state index in [1.807, 2.05) is 34.0 Å². The molecular weight excluding hydrogens is 1850 g/mol. The van der Waals surface area contributed by atoms with Gasteiger partial charge in [0.15, 0.2) is 0 Å². The standard InChI is InChI=1S/C50H32S.C48H30S.C48H36S/c1-3-13-33(14-4-1)35-17-12-20-40(30-35)50-43-23-8-7-22-42(43)49(34-15-5-2-6-16-34)46-32-38(25-27-44(46)50)36-18-11-19-37(29-36)39-26-28-48-45(31-39)41-21-9-10-24-47(41)51-48;1-2-12-32(13-3-1)47-40-18-6-7-19-41(40)48(38-22-21-31-11-4-5-14-33(31)28-38)42-25-23-36(30-44(42)47)34-15-10-16-35(27-34)37-24-26-46-43(29-37)39-17-8-9-20-45(39)49-46;1-48(2,3)37-24-20-32(21-25-37)46-39-17-7-8-18-40(39)47(31-12-5-4-6-13-31)43-30-35(22-26-41(43)46)33-14-11-15-34(28-33)36-23-27-45-42(29-36)38-16-9-10-19-44(38)49-45/h1-32H;1-30H;4-30H,1-3H3. The normalized spacial score (nSPS) is 11.7. The maximum Gasteiger partial charge on any atom is 0.0355 e. The molecule has 29 aromatic rings. The van der Waals surface area contributed by atoms with E-state index in [4.69, 9.17) is 0 Å². The molecule has 3 heterocycles. The van der Waals surface area contributed by atoms with Crippen molar-refractivity contribution in [3.8, 4) is 145 Å². The van der Waals surface area contributed by atoms with Crippen LogP contribution >= 0.6 is 34.0 Å². The summed E-state index contributed by atoms with van der Waals surface area (Å²) < 4.78 is 8.01. The molecule has 0 nitrogen and oxygen atoms in total. The molecular formula is C146H98S3. The molecule has 0 atom stereocenters. The first-order chi connectivity index (χ1) is 73.5. The van der Waals surface area contributed by atoms with Crippen LogP contribution in [-0.4, -0.2) is 0 Å². The van der Waals surface area contributed by atoms with Crippen LogP contribution in [0, 0.1) is 0 Å². The van der Waals surface area contributed by atoms with Crippen molar-refractivity contribution in [3.05, 3.63) is 545 Å². The van der Waals surface area contributed by atoms with Crippen molar-refractivity contribution in [2.24, 2.45) is 0 Å². The molecule has 0 aliphatic carbocycles. The van der Waals surface area contributed by atoms with Crippen molar-refractivity contribution >= 4 is 170 Å². The third-order valence-corrected chi connectivity index (χ3v) is 33.8. The van der Waals surface area contributed by atoms with E-state index in [2.05, 4.69) is 561 Å². The Morgan fingerprint density at radius 2 is 0.315 bits per heavy atom. The zero-order chi connectivity index (χ0) is 99.2. The fourth-order valence-corrected chi connectivity index (χ4v) is 26.3. The predicted octanol–water partition coefficient (Wildman–Crippen LogP) is 43.2. The molecule has 0 amide bonds. The average molecular weight is 1950 g/mol. The molecule has 0 saturated carbocycles. The van der Waals surface area contributed by atoms with Crippen molar-refractivity contribution < 1.29 is 0 Å². The summed E-state index contributed by atoms with van der Waals surface area (Å²) in [6.07, 6.45) is 0. The SMILES string of the molecule is CC(C)(C)c1ccc(-c2c3ccccc3c(-c3ccccc3)c3cc(-c4cccc(-c5ccc6sc7ccccc7c6c5)c4)ccc23)cc1.c1ccc(-c2c3ccccc3c(-c3ccc4ccccc4c3)c3ccc(-c4cccc(-c5ccc6sc7ccccc7c6c5)c4)cc23)cc1.c1ccc(-c2cccc(-c3c4ccccc4c(-c4ccccc4)c4cc(-c5cccc(-c6ccc7sc8ccccc8c7c6)c5)ccc34)c2)cc1. The highest BCUT2D eigenvalue weighted by Crippen LogP contribution is 2.52. The Bertz CT molecular complexity index is 10300. The smallest absolute Gasteiger partial charge is 0.0355 e. The highest BCUT2D eigenvalue weighted by Gasteiger charge is 2.26. The summed E-state index contributed by atoms with van der Waals surface area (Å²) >= 11 is 5.60. The molecule has 0 aliphatic rings. The van der Waals surface area contributed by atoms with E-state index in [0.717, 1.165) is 0 Å². The molecule has 0 spiro atoms. The minimum atomic E-state index is 0.104. The summed E-state index contributed by atoms with van der Waals surface area (Å²) in [5.74, 6) is 0. The van der Waals surface area contributed by atoms with Crippen LogP contribution in [0.3, 0.4) is 0 Å². The first-order valence-corrected chi connectivity index (χ1v) is 53.9. The summed E-state index contributed by atoms with van der Waals surface area (Å²) in [5, 5.41) is 25.7. The quantitative estimate of drug-likeness (QED) is 0.101. The predicted molar refractivity (Wildman–Crippen MR) is 650 cm³/mol. The summed E-state index contributed by atoms with van der Waals surface area (Å²) in [7, 11) is 0. The van der Waals surface area contributed by atoms with Crippen LogP contribution in [0.15, 0.2) is 540 Å². The summed E-state index contributed by atoms with van der Waals surface area (Å²) in [4.78, 5) is 0. The Balaban J connectivity index is 0.000000110. The molecule has 29 rings (SSSR count). The number of rotatable bonds is 13. The lowest BCUT2D eigenvalue weighted by Crippen LogP contribution is -2.10. The number of thiophene rings is 3. The van der Waals surface area contributed by atoms with E-state index < -0.39 is 0 Å². The van der Waals surface area contributed by atoms with Gasteiger partial charge in [-0.15, -0.1) is 34.0 Å². The lowest BCUT2D eigenvalue weighted by molar-refractivity contribution is 0.590. The van der Waals surface area contributed by atoms with Gasteiger partial charge in [-0.1, -0.05) is 458 Å². The molecule has 26 aromatic carbocycles. The lowest BCUT2D eigenvalue weighted by atomic mass is 9.83. The molecule has 0 bridgehead atoms. The molecule has 700 valence electrons. The van der Waals surface area contributed by atoms with Crippen molar-refractivity contribution in [3.63, 3.8) is 0 Å². The van der Waals surface area contributed by atoms with Gasteiger partial charge >= 0.3 is 0 Å². The molecule has 3 heteroatoms. The monoisotopic (exact) mass is 1950 g/mol. The van der Waals surface area contributed by atoms with Crippen molar-refractivity contribution in [2.75, 3.05) is 0 Å². The molecule has 0 fully saturated rings. The van der Waals surface area contributed by atoms with Crippen molar-refractivity contribution in [2.45, 2.75) is 26.2 Å². The molecule has 0 radical (unpaired) electrons. The van der Waals surface area contributed by atoms with Gasteiger partial charge in [0.1, 0.15) is 0 Å². The summed E-state index contributed by atoms with van der Waals surface area (Å²) in [6, 6.07) is 199.